The van der Waals surface area contributed by atoms with E-state index in [1.807, 2.05) is 6.55 Å². The largest absolute Gasteiger partial charge is 0.411 e. The lowest BCUT2D eigenvalue weighted by molar-refractivity contribution is 0.207. The van der Waals surface area contributed by atoms with Gasteiger partial charge in [0.15, 0.2) is 0 Å². The van der Waals surface area contributed by atoms with E-state index in [0.717, 1.165) is 25.5 Å². The second-order valence-electron chi connectivity index (χ2n) is 2.48. The Morgan fingerprint density at radius 1 is 1.50 bits per heavy atom. The van der Waals surface area contributed by atoms with Crippen molar-refractivity contribution in [1.82, 2.24) is 0 Å². The van der Waals surface area contributed by atoms with Gasteiger partial charge in [-0.25, -0.2) is 0 Å². The van der Waals surface area contributed by atoms with E-state index in [0.29, 0.717) is 0 Å². The van der Waals surface area contributed by atoms with Crippen LogP contribution in [0, 0.1) is 0 Å². The van der Waals surface area contributed by atoms with Crippen LogP contribution in [-0.4, -0.2) is 20.0 Å². The standard InChI is InChI=1S/C5H12O2Si/c1-8(6)5-3-2-4-7-8/h6H,2-5H2,1H3. The van der Waals surface area contributed by atoms with Crippen LogP contribution >= 0.6 is 0 Å². The van der Waals surface area contributed by atoms with Gasteiger partial charge in [-0.3, -0.25) is 0 Å². The van der Waals surface area contributed by atoms with Crippen molar-refractivity contribution < 1.29 is 9.22 Å². The van der Waals surface area contributed by atoms with Gasteiger partial charge in [0.25, 0.3) is 0 Å². The molecule has 0 aliphatic carbocycles. The molecule has 1 rings (SSSR count). The zero-order chi connectivity index (χ0) is 6.04. The van der Waals surface area contributed by atoms with Crippen LogP contribution in [-0.2, 0) is 4.43 Å². The van der Waals surface area contributed by atoms with Crippen LogP contribution in [0.1, 0.15) is 12.8 Å². The van der Waals surface area contributed by atoms with E-state index in [4.69, 9.17) is 4.43 Å². The fourth-order valence-electron chi connectivity index (χ4n) is 0.919. The van der Waals surface area contributed by atoms with Gasteiger partial charge in [0.05, 0.1) is 0 Å². The first-order chi connectivity index (χ1) is 3.71. The topological polar surface area (TPSA) is 29.5 Å². The third kappa shape index (κ3) is 1.58. The molecule has 1 aliphatic heterocycles. The first-order valence-corrected chi connectivity index (χ1v) is 5.63. The Labute approximate surface area is 50.7 Å². The van der Waals surface area contributed by atoms with Gasteiger partial charge in [0.1, 0.15) is 0 Å². The third-order valence-electron chi connectivity index (χ3n) is 1.45. The highest BCUT2D eigenvalue weighted by molar-refractivity contribution is 6.64. The summed E-state index contributed by atoms with van der Waals surface area (Å²) in [6.45, 7) is 2.63. The second kappa shape index (κ2) is 2.17. The summed E-state index contributed by atoms with van der Waals surface area (Å²) in [5.41, 5.74) is 0. The minimum absolute atomic E-state index is 0.777. The zero-order valence-electron chi connectivity index (χ0n) is 5.18. The summed E-state index contributed by atoms with van der Waals surface area (Å²) in [6, 6.07) is 0.924. The summed E-state index contributed by atoms with van der Waals surface area (Å²) >= 11 is 0. The van der Waals surface area contributed by atoms with E-state index in [1.165, 1.54) is 0 Å². The molecule has 0 bridgehead atoms. The van der Waals surface area contributed by atoms with Crippen LogP contribution in [0.25, 0.3) is 0 Å². The summed E-state index contributed by atoms with van der Waals surface area (Å²) in [4.78, 5) is 9.29. The molecule has 0 aromatic carbocycles. The van der Waals surface area contributed by atoms with Crippen LogP contribution < -0.4 is 0 Å². The van der Waals surface area contributed by atoms with Crippen LogP contribution in [0.5, 0.6) is 0 Å². The normalized spacial score (nSPS) is 39.8. The fraction of sp³-hybridized carbons (Fsp3) is 1.00. The summed E-state index contributed by atoms with van der Waals surface area (Å²) < 4.78 is 5.16. The van der Waals surface area contributed by atoms with Gasteiger partial charge < -0.3 is 9.22 Å². The first kappa shape index (κ1) is 6.26. The monoisotopic (exact) mass is 132 g/mol. The molecule has 1 atom stereocenters. The van der Waals surface area contributed by atoms with E-state index in [9.17, 15) is 4.80 Å². The van der Waals surface area contributed by atoms with Crippen LogP contribution in [0.15, 0.2) is 0 Å². The Balaban J connectivity index is 2.33. The Morgan fingerprint density at radius 3 is 2.50 bits per heavy atom. The van der Waals surface area contributed by atoms with Gasteiger partial charge in [0.2, 0.25) is 0 Å². The maximum absolute atomic E-state index is 9.29. The number of rotatable bonds is 0. The first-order valence-electron chi connectivity index (χ1n) is 3.07. The molecule has 1 unspecified atom stereocenters. The highest BCUT2D eigenvalue weighted by Crippen LogP contribution is 2.17. The molecule has 1 N–H and O–H groups in total. The lowest BCUT2D eigenvalue weighted by Gasteiger charge is -2.24. The molecule has 8 heavy (non-hydrogen) atoms. The zero-order valence-corrected chi connectivity index (χ0v) is 6.18. The predicted octanol–water partition coefficient (Wildman–Crippen LogP) is 0.861. The molecule has 0 aromatic heterocycles. The van der Waals surface area contributed by atoms with Crippen LogP contribution in [0.3, 0.4) is 0 Å². The molecule has 48 valence electrons. The van der Waals surface area contributed by atoms with Crippen molar-refractivity contribution in [3.63, 3.8) is 0 Å². The molecule has 0 saturated carbocycles. The van der Waals surface area contributed by atoms with Crippen molar-refractivity contribution >= 4 is 8.56 Å². The lowest BCUT2D eigenvalue weighted by atomic mass is 10.4. The minimum atomic E-state index is -2.09. The molecule has 0 radical (unpaired) electrons. The Kier molecular flexibility index (Phi) is 1.70. The predicted molar refractivity (Wildman–Crippen MR) is 33.8 cm³/mol. The van der Waals surface area contributed by atoms with E-state index in [-0.39, 0.29) is 0 Å². The van der Waals surface area contributed by atoms with Crippen molar-refractivity contribution in [2.75, 3.05) is 6.61 Å². The van der Waals surface area contributed by atoms with E-state index in [1.54, 1.807) is 0 Å². The molecule has 1 fully saturated rings. The Bertz CT molecular complexity index is 74.5. The Morgan fingerprint density at radius 2 is 2.25 bits per heavy atom. The van der Waals surface area contributed by atoms with Gasteiger partial charge in [-0.2, -0.15) is 0 Å². The molecule has 0 amide bonds. The average molecular weight is 132 g/mol. The Hall–Kier alpha value is 0.137. The van der Waals surface area contributed by atoms with Gasteiger partial charge in [-0.15, -0.1) is 0 Å². The number of hydrogen-bond acceptors (Lipinski definition) is 2. The van der Waals surface area contributed by atoms with Gasteiger partial charge in [0, 0.05) is 6.61 Å². The molecule has 1 heterocycles. The van der Waals surface area contributed by atoms with Crippen LogP contribution in [0.2, 0.25) is 12.6 Å². The third-order valence-corrected chi connectivity index (χ3v) is 3.56. The highest BCUT2D eigenvalue weighted by atomic mass is 28.4. The van der Waals surface area contributed by atoms with E-state index < -0.39 is 8.56 Å². The highest BCUT2D eigenvalue weighted by Gasteiger charge is 2.28. The molecule has 0 spiro atoms. The summed E-state index contributed by atoms with van der Waals surface area (Å²) in [6.07, 6.45) is 2.28. The minimum Gasteiger partial charge on any atom is -0.411 e. The van der Waals surface area contributed by atoms with E-state index >= 15 is 0 Å². The maximum atomic E-state index is 9.29. The number of hydrogen-bond donors (Lipinski definition) is 1. The van der Waals surface area contributed by atoms with E-state index in [2.05, 4.69) is 0 Å². The molecule has 3 heteroatoms. The average Bonchev–Trinajstić information content (AvgIpc) is 1.65. The van der Waals surface area contributed by atoms with Crippen molar-refractivity contribution in [3.8, 4) is 0 Å². The van der Waals surface area contributed by atoms with Gasteiger partial charge in [-0.05, 0) is 25.4 Å². The molecule has 1 aliphatic rings. The van der Waals surface area contributed by atoms with Gasteiger partial charge >= 0.3 is 8.56 Å². The summed E-state index contributed by atoms with van der Waals surface area (Å²) in [5, 5.41) is 0. The molecule has 0 aromatic rings. The fourth-order valence-corrected chi connectivity index (χ4v) is 2.55. The van der Waals surface area contributed by atoms with Crippen molar-refractivity contribution in [2.45, 2.75) is 25.4 Å². The smallest absolute Gasteiger partial charge is 0.332 e. The lowest BCUT2D eigenvalue weighted by Crippen LogP contribution is -2.37. The van der Waals surface area contributed by atoms with Crippen molar-refractivity contribution in [2.24, 2.45) is 0 Å². The molecule has 2 nitrogen and oxygen atoms in total. The summed E-state index contributed by atoms with van der Waals surface area (Å²) in [5.74, 6) is 0. The molecule has 1 saturated heterocycles. The maximum Gasteiger partial charge on any atom is 0.332 e. The van der Waals surface area contributed by atoms with Crippen molar-refractivity contribution in [3.05, 3.63) is 0 Å². The quantitative estimate of drug-likeness (QED) is 0.495. The van der Waals surface area contributed by atoms with Crippen LogP contribution in [0.4, 0.5) is 0 Å². The second-order valence-corrected chi connectivity index (χ2v) is 5.62. The molecular formula is C5H12O2Si. The van der Waals surface area contributed by atoms with Gasteiger partial charge in [-0.1, -0.05) is 0 Å². The SMILES string of the molecule is C[Si]1(O)CCCCO1. The summed E-state index contributed by atoms with van der Waals surface area (Å²) in [7, 11) is -2.09. The molecular weight excluding hydrogens is 120 g/mol. The van der Waals surface area contributed by atoms with Crippen molar-refractivity contribution in [1.29, 1.82) is 0 Å².